The fourth-order valence-electron chi connectivity index (χ4n) is 5.70. The molecule has 2 aromatic carbocycles. The van der Waals surface area contributed by atoms with Crippen molar-refractivity contribution >= 4 is 22.6 Å². The SMILES string of the molecule is COCCCn1c(C2CCCN(C(=O)C3CN(c4cccc(C#N)c4)CC3N)C2)nc2ccccc21. The van der Waals surface area contributed by atoms with Gasteiger partial charge in [-0.3, -0.25) is 4.79 Å². The Morgan fingerprint density at radius 1 is 1.19 bits per heavy atom. The molecule has 2 aliphatic rings. The van der Waals surface area contributed by atoms with Crippen molar-refractivity contribution in [2.24, 2.45) is 11.7 Å². The molecule has 8 nitrogen and oxygen atoms in total. The smallest absolute Gasteiger partial charge is 0.229 e. The summed E-state index contributed by atoms with van der Waals surface area (Å²) in [6.45, 7) is 4.16. The first kappa shape index (κ1) is 24.3. The molecular formula is C28H34N6O2. The summed E-state index contributed by atoms with van der Waals surface area (Å²) in [6.07, 6.45) is 2.88. The molecule has 2 aliphatic heterocycles. The number of benzene rings is 2. The zero-order valence-corrected chi connectivity index (χ0v) is 20.8. The van der Waals surface area contributed by atoms with Crippen molar-refractivity contribution in [3.8, 4) is 6.07 Å². The van der Waals surface area contributed by atoms with Gasteiger partial charge in [-0.25, -0.2) is 4.98 Å². The van der Waals surface area contributed by atoms with E-state index in [0.29, 0.717) is 31.8 Å². The van der Waals surface area contributed by atoms with Crippen molar-refractivity contribution in [1.82, 2.24) is 14.5 Å². The van der Waals surface area contributed by atoms with Crippen LogP contribution in [0.15, 0.2) is 48.5 Å². The lowest BCUT2D eigenvalue weighted by molar-refractivity contribution is -0.136. The Morgan fingerprint density at radius 2 is 2.06 bits per heavy atom. The number of likely N-dealkylation sites (tertiary alicyclic amines) is 1. The number of hydrogen-bond donors (Lipinski definition) is 1. The molecule has 2 fully saturated rings. The number of amides is 1. The van der Waals surface area contributed by atoms with E-state index >= 15 is 0 Å². The molecule has 0 saturated carbocycles. The molecule has 0 radical (unpaired) electrons. The fraction of sp³-hybridized carbons (Fsp3) is 0.464. The van der Waals surface area contributed by atoms with Crippen LogP contribution in [0.5, 0.6) is 0 Å². The third-order valence-corrected chi connectivity index (χ3v) is 7.54. The van der Waals surface area contributed by atoms with Crippen molar-refractivity contribution in [2.45, 2.75) is 37.8 Å². The number of hydrogen-bond acceptors (Lipinski definition) is 6. The van der Waals surface area contributed by atoms with E-state index in [-0.39, 0.29) is 23.8 Å². The quantitative estimate of drug-likeness (QED) is 0.515. The predicted molar refractivity (Wildman–Crippen MR) is 140 cm³/mol. The second-order valence-corrected chi connectivity index (χ2v) is 9.92. The molecule has 0 spiro atoms. The van der Waals surface area contributed by atoms with Gasteiger partial charge < -0.3 is 24.8 Å². The van der Waals surface area contributed by atoms with Gasteiger partial charge in [-0.05, 0) is 49.6 Å². The first-order valence-corrected chi connectivity index (χ1v) is 12.8. The highest BCUT2D eigenvalue weighted by atomic mass is 16.5. The lowest BCUT2D eigenvalue weighted by atomic mass is 9.94. The summed E-state index contributed by atoms with van der Waals surface area (Å²) in [6, 6.07) is 17.7. The van der Waals surface area contributed by atoms with Gasteiger partial charge in [0.25, 0.3) is 0 Å². The van der Waals surface area contributed by atoms with Gasteiger partial charge in [0, 0.05) is 64.1 Å². The predicted octanol–water partition coefficient (Wildman–Crippen LogP) is 3.11. The number of ether oxygens (including phenoxy) is 1. The highest BCUT2D eigenvalue weighted by molar-refractivity contribution is 5.81. The average Bonchev–Trinajstić information content (AvgIpc) is 3.49. The molecule has 5 rings (SSSR count). The summed E-state index contributed by atoms with van der Waals surface area (Å²) in [5, 5.41) is 9.25. The number of fused-ring (bicyclic) bond motifs is 1. The minimum absolute atomic E-state index is 0.133. The minimum Gasteiger partial charge on any atom is -0.385 e. The lowest BCUT2D eigenvalue weighted by Crippen LogP contribution is -2.47. The number of carbonyl (C=O) groups excluding carboxylic acids is 1. The van der Waals surface area contributed by atoms with E-state index < -0.39 is 0 Å². The Hall–Kier alpha value is -3.41. The fourth-order valence-corrected chi connectivity index (χ4v) is 5.70. The van der Waals surface area contributed by atoms with Crippen molar-refractivity contribution in [3.63, 3.8) is 0 Å². The largest absolute Gasteiger partial charge is 0.385 e. The Labute approximate surface area is 212 Å². The molecule has 2 saturated heterocycles. The topological polar surface area (TPSA) is 100 Å². The highest BCUT2D eigenvalue weighted by Gasteiger charge is 2.39. The molecule has 3 heterocycles. The van der Waals surface area contributed by atoms with E-state index in [0.717, 1.165) is 54.9 Å². The number of para-hydroxylation sites is 2. The number of aromatic nitrogens is 2. The van der Waals surface area contributed by atoms with Gasteiger partial charge in [-0.15, -0.1) is 0 Å². The van der Waals surface area contributed by atoms with Gasteiger partial charge in [0.05, 0.1) is 28.6 Å². The van der Waals surface area contributed by atoms with E-state index in [2.05, 4.69) is 33.7 Å². The zero-order chi connectivity index (χ0) is 25.1. The van der Waals surface area contributed by atoms with E-state index in [1.807, 2.05) is 29.2 Å². The number of nitriles is 1. The Bertz CT molecular complexity index is 1260. The first-order valence-electron chi connectivity index (χ1n) is 12.8. The highest BCUT2D eigenvalue weighted by Crippen LogP contribution is 2.32. The summed E-state index contributed by atoms with van der Waals surface area (Å²) >= 11 is 0. The van der Waals surface area contributed by atoms with Crippen LogP contribution in [0.25, 0.3) is 11.0 Å². The maximum atomic E-state index is 13.7. The number of nitrogens with zero attached hydrogens (tertiary/aromatic N) is 5. The van der Waals surface area contributed by atoms with E-state index in [1.165, 1.54) is 0 Å². The monoisotopic (exact) mass is 486 g/mol. The summed E-state index contributed by atoms with van der Waals surface area (Å²) in [4.78, 5) is 22.8. The van der Waals surface area contributed by atoms with Crippen molar-refractivity contribution in [3.05, 3.63) is 59.9 Å². The summed E-state index contributed by atoms with van der Waals surface area (Å²) < 4.78 is 7.61. The van der Waals surface area contributed by atoms with Crippen LogP contribution in [0.3, 0.4) is 0 Å². The summed E-state index contributed by atoms with van der Waals surface area (Å²) in [7, 11) is 1.73. The van der Waals surface area contributed by atoms with Crippen LogP contribution < -0.4 is 10.6 Å². The van der Waals surface area contributed by atoms with Crippen LogP contribution >= 0.6 is 0 Å². The molecule has 3 aromatic rings. The van der Waals surface area contributed by atoms with Gasteiger partial charge in [-0.1, -0.05) is 18.2 Å². The molecule has 3 unspecified atom stereocenters. The van der Waals surface area contributed by atoms with Crippen LogP contribution in [0, 0.1) is 17.2 Å². The van der Waals surface area contributed by atoms with Crippen LogP contribution in [0.1, 0.15) is 36.6 Å². The number of piperidine rings is 1. The number of rotatable bonds is 7. The zero-order valence-electron chi connectivity index (χ0n) is 20.8. The van der Waals surface area contributed by atoms with Gasteiger partial charge >= 0.3 is 0 Å². The van der Waals surface area contributed by atoms with Crippen molar-refractivity contribution < 1.29 is 9.53 Å². The summed E-state index contributed by atoms with van der Waals surface area (Å²) in [5.41, 5.74) is 10.2. The van der Waals surface area contributed by atoms with Gasteiger partial charge in [-0.2, -0.15) is 5.26 Å². The average molecular weight is 487 g/mol. The van der Waals surface area contributed by atoms with E-state index in [1.54, 1.807) is 13.2 Å². The van der Waals surface area contributed by atoms with Gasteiger partial charge in [0.1, 0.15) is 5.82 Å². The van der Waals surface area contributed by atoms with Crippen molar-refractivity contribution in [1.29, 1.82) is 5.26 Å². The van der Waals surface area contributed by atoms with Gasteiger partial charge in [0.15, 0.2) is 0 Å². The Morgan fingerprint density at radius 3 is 2.89 bits per heavy atom. The number of nitrogens with two attached hydrogens (primary N) is 1. The molecule has 2 N–H and O–H groups in total. The lowest BCUT2D eigenvalue weighted by Gasteiger charge is -2.35. The third kappa shape index (κ3) is 4.81. The molecule has 0 bridgehead atoms. The molecule has 36 heavy (non-hydrogen) atoms. The molecule has 1 aromatic heterocycles. The maximum absolute atomic E-state index is 13.7. The normalized spacial score (nSPS) is 22.2. The first-order chi connectivity index (χ1) is 17.6. The second-order valence-electron chi connectivity index (χ2n) is 9.92. The van der Waals surface area contributed by atoms with Crippen molar-refractivity contribution in [2.75, 3.05) is 44.8 Å². The molecule has 0 aliphatic carbocycles. The van der Waals surface area contributed by atoms with Gasteiger partial charge in [0.2, 0.25) is 5.91 Å². The second kappa shape index (κ2) is 10.7. The van der Waals surface area contributed by atoms with E-state index in [4.69, 9.17) is 15.5 Å². The molecule has 3 atom stereocenters. The number of anilines is 1. The van der Waals surface area contributed by atoms with Crippen LogP contribution in [0.4, 0.5) is 5.69 Å². The van der Waals surface area contributed by atoms with Crippen LogP contribution in [-0.4, -0.2) is 66.3 Å². The minimum atomic E-state index is -0.255. The molecular weight excluding hydrogens is 452 g/mol. The molecule has 8 heteroatoms. The molecule has 188 valence electrons. The number of carbonyl (C=O) groups is 1. The van der Waals surface area contributed by atoms with E-state index in [9.17, 15) is 10.1 Å². The Kier molecular flexibility index (Phi) is 7.21. The van der Waals surface area contributed by atoms with Crippen LogP contribution in [0.2, 0.25) is 0 Å². The number of aryl methyl sites for hydroxylation is 1. The standard InChI is InChI=1S/C28H34N6O2/c1-36-14-6-13-34-26-11-3-2-10-25(26)31-27(34)21-8-5-12-32(17-21)28(35)23-18-33(19-24(23)30)22-9-4-7-20(15-22)16-29/h2-4,7,9-11,15,21,23-24H,5-6,8,12-14,17-19,30H2,1H3. The number of imidazole rings is 1. The molecule has 1 amide bonds. The summed E-state index contributed by atoms with van der Waals surface area (Å²) in [5.74, 6) is 1.14. The maximum Gasteiger partial charge on any atom is 0.229 e. The third-order valence-electron chi connectivity index (χ3n) is 7.54. The van der Waals surface area contributed by atoms with Crippen LogP contribution in [-0.2, 0) is 16.1 Å². The Balaban J connectivity index is 1.32. The number of methoxy groups -OCH3 is 1.